The number of hydrogen-bond acceptors (Lipinski definition) is 3. The Labute approximate surface area is 81.1 Å². The number of aliphatic carboxylic acids is 1. The van der Waals surface area contributed by atoms with Gasteiger partial charge in [-0.2, -0.15) is 0 Å². The van der Waals surface area contributed by atoms with Crippen LogP contribution in [0.5, 0.6) is 0 Å². The van der Waals surface area contributed by atoms with Gasteiger partial charge in [-0.25, -0.2) is 9.59 Å². The predicted molar refractivity (Wildman–Crippen MR) is 46.2 cm³/mol. The van der Waals surface area contributed by atoms with E-state index >= 15 is 0 Å². The molecule has 0 aromatic rings. The van der Waals surface area contributed by atoms with E-state index in [1.165, 1.54) is 4.90 Å². The van der Waals surface area contributed by atoms with Gasteiger partial charge < -0.3 is 19.8 Å². The van der Waals surface area contributed by atoms with Gasteiger partial charge in [-0.3, -0.25) is 0 Å². The van der Waals surface area contributed by atoms with Crippen LogP contribution in [0.2, 0.25) is 0 Å². The normalized spacial score (nSPS) is 22.0. The zero-order valence-corrected chi connectivity index (χ0v) is 7.68. The Kier molecular flexibility index (Phi) is 3.70. The fraction of sp³-hybridized carbons (Fsp3) is 0.750. The Morgan fingerprint density at radius 1 is 1.43 bits per heavy atom. The molecule has 0 aromatic heterocycles. The molecule has 1 amide bonds. The number of carboxylic acid groups (broad SMARTS) is 2. The molecule has 2 N–H and O–H groups in total. The first-order valence-corrected chi connectivity index (χ1v) is 4.41. The Hall–Kier alpha value is -1.30. The number of nitrogens with zero attached hydrogens (tertiary/aromatic N) is 1. The standard InChI is InChI=1S/C8H13NO5/c10-7(11)5-14-6-2-1-3-9(4-6)8(12)13/h6H,1-5H2,(H,10,11)(H,12,13). The molecule has 0 aromatic carbocycles. The minimum atomic E-state index is -1.03. The van der Waals surface area contributed by atoms with Crippen LogP contribution in [-0.2, 0) is 9.53 Å². The van der Waals surface area contributed by atoms with Crippen molar-refractivity contribution in [2.45, 2.75) is 18.9 Å². The Balaban J connectivity index is 2.32. The van der Waals surface area contributed by atoms with Gasteiger partial charge in [0.15, 0.2) is 0 Å². The van der Waals surface area contributed by atoms with Crippen LogP contribution in [0.4, 0.5) is 4.79 Å². The lowest BCUT2D eigenvalue weighted by Crippen LogP contribution is -2.43. The largest absolute Gasteiger partial charge is 0.480 e. The first kappa shape index (κ1) is 10.8. The molecule has 0 aliphatic carbocycles. The SMILES string of the molecule is O=C(O)COC1CCCN(C(=O)O)C1. The molecule has 1 atom stereocenters. The summed E-state index contributed by atoms with van der Waals surface area (Å²) in [7, 11) is 0. The van der Waals surface area contributed by atoms with Crippen molar-refractivity contribution in [3.8, 4) is 0 Å². The molecule has 1 unspecified atom stereocenters. The summed E-state index contributed by atoms with van der Waals surface area (Å²) in [6.07, 6.45) is 0.178. The van der Waals surface area contributed by atoms with E-state index in [2.05, 4.69) is 0 Å². The zero-order chi connectivity index (χ0) is 10.6. The van der Waals surface area contributed by atoms with E-state index in [4.69, 9.17) is 14.9 Å². The number of likely N-dealkylation sites (tertiary alicyclic amines) is 1. The zero-order valence-electron chi connectivity index (χ0n) is 7.68. The van der Waals surface area contributed by atoms with E-state index in [1.807, 2.05) is 0 Å². The Morgan fingerprint density at radius 3 is 2.71 bits per heavy atom. The lowest BCUT2D eigenvalue weighted by Gasteiger charge is -2.30. The first-order chi connectivity index (χ1) is 6.59. The summed E-state index contributed by atoms with van der Waals surface area (Å²) in [6.45, 7) is 0.406. The van der Waals surface area contributed by atoms with Crippen molar-refractivity contribution in [3.05, 3.63) is 0 Å². The van der Waals surface area contributed by atoms with Crippen LogP contribution in [-0.4, -0.2) is 53.0 Å². The molecule has 0 saturated carbocycles. The van der Waals surface area contributed by atoms with Crippen molar-refractivity contribution in [3.63, 3.8) is 0 Å². The van der Waals surface area contributed by atoms with Crippen molar-refractivity contribution in [2.24, 2.45) is 0 Å². The topological polar surface area (TPSA) is 87.1 Å². The van der Waals surface area contributed by atoms with Gasteiger partial charge >= 0.3 is 12.1 Å². The van der Waals surface area contributed by atoms with Crippen LogP contribution in [0.3, 0.4) is 0 Å². The Bertz CT molecular complexity index is 230. The van der Waals surface area contributed by atoms with Gasteiger partial charge in [0.2, 0.25) is 0 Å². The second kappa shape index (κ2) is 4.80. The van der Waals surface area contributed by atoms with Gasteiger partial charge in [0.05, 0.1) is 12.6 Å². The predicted octanol–water partition coefficient (Wildman–Crippen LogP) is 0.230. The minimum absolute atomic E-state index is 0.266. The maximum atomic E-state index is 10.6. The van der Waals surface area contributed by atoms with Crippen LogP contribution in [0, 0.1) is 0 Å². The summed E-state index contributed by atoms with van der Waals surface area (Å²) in [5.41, 5.74) is 0. The highest BCUT2D eigenvalue weighted by atomic mass is 16.5. The number of hydrogen-bond donors (Lipinski definition) is 2. The van der Waals surface area contributed by atoms with E-state index in [0.717, 1.165) is 12.8 Å². The molecule has 0 spiro atoms. The van der Waals surface area contributed by atoms with Gasteiger partial charge in [0, 0.05) is 6.54 Å². The van der Waals surface area contributed by atoms with Crippen LogP contribution < -0.4 is 0 Å². The summed E-state index contributed by atoms with van der Waals surface area (Å²) >= 11 is 0. The molecular formula is C8H13NO5. The monoisotopic (exact) mass is 203 g/mol. The third-order valence-electron chi connectivity index (χ3n) is 2.09. The van der Waals surface area contributed by atoms with Crippen molar-refractivity contribution in [2.75, 3.05) is 19.7 Å². The number of amides is 1. The molecule has 1 fully saturated rings. The Morgan fingerprint density at radius 2 is 2.14 bits per heavy atom. The van der Waals surface area contributed by atoms with Crippen molar-refractivity contribution in [1.29, 1.82) is 0 Å². The van der Waals surface area contributed by atoms with E-state index in [0.29, 0.717) is 6.54 Å². The van der Waals surface area contributed by atoms with Crippen molar-refractivity contribution in [1.82, 2.24) is 4.90 Å². The smallest absolute Gasteiger partial charge is 0.407 e. The maximum Gasteiger partial charge on any atom is 0.407 e. The molecule has 6 heteroatoms. The highest BCUT2D eigenvalue weighted by Crippen LogP contribution is 2.12. The molecule has 14 heavy (non-hydrogen) atoms. The van der Waals surface area contributed by atoms with Gasteiger partial charge in [-0.15, -0.1) is 0 Å². The molecule has 80 valence electrons. The van der Waals surface area contributed by atoms with Gasteiger partial charge in [0.1, 0.15) is 6.61 Å². The highest BCUT2D eigenvalue weighted by Gasteiger charge is 2.23. The van der Waals surface area contributed by atoms with Crippen LogP contribution in [0.15, 0.2) is 0 Å². The third kappa shape index (κ3) is 3.21. The summed E-state index contributed by atoms with van der Waals surface area (Å²) in [5.74, 6) is -1.03. The highest BCUT2D eigenvalue weighted by molar-refractivity contribution is 5.68. The number of carboxylic acids is 1. The van der Waals surface area contributed by atoms with Crippen LogP contribution in [0.25, 0.3) is 0 Å². The van der Waals surface area contributed by atoms with Crippen molar-refractivity contribution < 1.29 is 24.5 Å². The van der Waals surface area contributed by atoms with E-state index in [9.17, 15) is 9.59 Å². The first-order valence-electron chi connectivity index (χ1n) is 4.41. The number of ether oxygens (including phenoxy) is 1. The summed E-state index contributed by atoms with van der Waals surface area (Å²) < 4.78 is 5.02. The lowest BCUT2D eigenvalue weighted by molar-refractivity contribution is -0.145. The molecule has 1 rings (SSSR count). The van der Waals surface area contributed by atoms with Crippen LogP contribution >= 0.6 is 0 Å². The quantitative estimate of drug-likeness (QED) is 0.685. The molecule has 0 bridgehead atoms. The fourth-order valence-electron chi connectivity index (χ4n) is 1.44. The number of piperidine rings is 1. The summed E-state index contributed by atoms with van der Waals surface area (Å²) in [5, 5.41) is 17.1. The fourth-order valence-corrected chi connectivity index (χ4v) is 1.44. The molecular weight excluding hydrogens is 190 g/mol. The molecule has 0 radical (unpaired) electrons. The minimum Gasteiger partial charge on any atom is -0.480 e. The maximum absolute atomic E-state index is 10.6. The molecule has 1 heterocycles. The second-order valence-electron chi connectivity index (χ2n) is 3.20. The second-order valence-corrected chi connectivity index (χ2v) is 3.20. The van der Waals surface area contributed by atoms with Gasteiger partial charge in [-0.05, 0) is 12.8 Å². The lowest BCUT2D eigenvalue weighted by atomic mass is 10.1. The van der Waals surface area contributed by atoms with Crippen LogP contribution in [0.1, 0.15) is 12.8 Å². The van der Waals surface area contributed by atoms with Gasteiger partial charge in [-0.1, -0.05) is 0 Å². The van der Waals surface area contributed by atoms with E-state index in [-0.39, 0.29) is 19.3 Å². The summed E-state index contributed by atoms with van der Waals surface area (Å²) in [6, 6.07) is 0. The van der Waals surface area contributed by atoms with Crippen molar-refractivity contribution >= 4 is 12.1 Å². The molecule has 6 nitrogen and oxygen atoms in total. The van der Waals surface area contributed by atoms with E-state index in [1.54, 1.807) is 0 Å². The third-order valence-corrected chi connectivity index (χ3v) is 2.09. The molecule has 1 saturated heterocycles. The van der Waals surface area contributed by atoms with E-state index < -0.39 is 12.1 Å². The number of carbonyl (C=O) groups is 2. The number of rotatable bonds is 3. The molecule has 1 aliphatic heterocycles. The average molecular weight is 203 g/mol. The average Bonchev–Trinajstić information content (AvgIpc) is 2.15. The molecule has 1 aliphatic rings. The summed E-state index contributed by atoms with van der Waals surface area (Å²) in [4.78, 5) is 22.0. The van der Waals surface area contributed by atoms with Gasteiger partial charge in [0.25, 0.3) is 0 Å².